The molecule has 0 aliphatic heterocycles. The van der Waals surface area contributed by atoms with Crippen LogP contribution in [-0.2, 0) is 17.6 Å². The van der Waals surface area contributed by atoms with Gasteiger partial charge >= 0.3 is 0 Å². The van der Waals surface area contributed by atoms with Gasteiger partial charge in [0.15, 0.2) is 5.13 Å². The van der Waals surface area contributed by atoms with Crippen LogP contribution < -0.4 is 10.6 Å². The number of anilines is 2. The van der Waals surface area contributed by atoms with Gasteiger partial charge in [0.2, 0.25) is 5.91 Å². The number of hydrogen-bond acceptors (Lipinski definition) is 5. The molecule has 5 nitrogen and oxygen atoms in total. The second kappa shape index (κ2) is 8.51. The Balaban J connectivity index is 1.86. The molecule has 0 spiro atoms. The molecule has 0 aliphatic carbocycles. The fourth-order valence-corrected chi connectivity index (χ4v) is 2.66. The van der Waals surface area contributed by atoms with Crippen molar-refractivity contribution in [1.29, 1.82) is 0 Å². The van der Waals surface area contributed by atoms with Crippen molar-refractivity contribution in [1.82, 2.24) is 10.3 Å². The predicted octanol–water partition coefficient (Wildman–Crippen LogP) is 2.49. The van der Waals surface area contributed by atoms with Gasteiger partial charge in [0.25, 0.3) is 0 Å². The van der Waals surface area contributed by atoms with Crippen molar-refractivity contribution >= 4 is 28.1 Å². The van der Waals surface area contributed by atoms with Gasteiger partial charge in [0.05, 0.1) is 12.1 Å². The summed E-state index contributed by atoms with van der Waals surface area (Å²) in [6.45, 7) is 2.71. The zero-order chi connectivity index (χ0) is 15.8. The number of aliphatic hydroxyl groups is 1. The molecular weight excluding hydrogens is 298 g/mol. The molecule has 0 bridgehead atoms. The zero-order valence-corrected chi connectivity index (χ0v) is 13.4. The standard InChI is InChI=1S/C16H21N3O2S/c1-2-12-4-6-13(7-5-12)18-16-19-14(11-22-16)10-15(21)17-8-3-9-20/h4-7,11,20H,2-3,8-10H2,1H3,(H,17,21)(H,18,19). The summed E-state index contributed by atoms with van der Waals surface area (Å²) in [7, 11) is 0. The minimum atomic E-state index is -0.0717. The van der Waals surface area contributed by atoms with Crippen molar-refractivity contribution < 1.29 is 9.90 Å². The molecule has 22 heavy (non-hydrogen) atoms. The third-order valence-electron chi connectivity index (χ3n) is 3.16. The first-order valence-electron chi connectivity index (χ1n) is 7.39. The van der Waals surface area contributed by atoms with E-state index >= 15 is 0 Å². The molecule has 3 N–H and O–H groups in total. The highest BCUT2D eigenvalue weighted by molar-refractivity contribution is 7.13. The van der Waals surface area contributed by atoms with Crippen LogP contribution in [0.4, 0.5) is 10.8 Å². The molecule has 118 valence electrons. The van der Waals surface area contributed by atoms with E-state index in [1.54, 1.807) is 0 Å². The minimum absolute atomic E-state index is 0.0717. The van der Waals surface area contributed by atoms with E-state index in [9.17, 15) is 4.79 Å². The Labute approximate surface area is 134 Å². The average Bonchev–Trinajstić information content (AvgIpc) is 2.95. The fourth-order valence-electron chi connectivity index (χ4n) is 1.93. The maximum absolute atomic E-state index is 11.7. The number of nitrogens with zero attached hydrogens (tertiary/aromatic N) is 1. The summed E-state index contributed by atoms with van der Waals surface area (Å²) in [5, 5.41) is 17.3. The third kappa shape index (κ3) is 5.13. The lowest BCUT2D eigenvalue weighted by atomic mass is 10.1. The molecule has 0 unspecified atom stereocenters. The highest BCUT2D eigenvalue weighted by Crippen LogP contribution is 2.21. The molecule has 2 rings (SSSR count). The molecule has 1 aromatic carbocycles. The summed E-state index contributed by atoms with van der Waals surface area (Å²) in [6.07, 6.45) is 1.86. The number of benzene rings is 1. The number of aryl methyl sites for hydroxylation is 1. The topological polar surface area (TPSA) is 74.2 Å². The van der Waals surface area contributed by atoms with Crippen molar-refractivity contribution in [2.24, 2.45) is 0 Å². The Morgan fingerprint density at radius 1 is 1.32 bits per heavy atom. The van der Waals surface area contributed by atoms with Crippen LogP contribution in [-0.4, -0.2) is 29.1 Å². The number of rotatable bonds is 8. The zero-order valence-electron chi connectivity index (χ0n) is 12.6. The van der Waals surface area contributed by atoms with Gasteiger partial charge in [-0.2, -0.15) is 0 Å². The Bertz CT molecular complexity index is 596. The van der Waals surface area contributed by atoms with Crippen LogP contribution in [0.25, 0.3) is 0 Å². The normalized spacial score (nSPS) is 10.5. The molecule has 0 atom stereocenters. The van der Waals surface area contributed by atoms with Gasteiger partial charge in [0, 0.05) is 24.2 Å². The van der Waals surface area contributed by atoms with Gasteiger partial charge in [-0.25, -0.2) is 4.98 Å². The van der Waals surface area contributed by atoms with Crippen LogP contribution in [0.2, 0.25) is 0 Å². The quantitative estimate of drug-likeness (QED) is 0.654. The van der Waals surface area contributed by atoms with Crippen LogP contribution in [0.3, 0.4) is 0 Å². The fraction of sp³-hybridized carbons (Fsp3) is 0.375. The van der Waals surface area contributed by atoms with E-state index in [-0.39, 0.29) is 18.9 Å². The molecule has 0 aliphatic rings. The molecule has 0 saturated carbocycles. The Morgan fingerprint density at radius 2 is 2.09 bits per heavy atom. The SMILES string of the molecule is CCc1ccc(Nc2nc(CC(=O)NCCCO)cs2)cc1. The lowest BCUT2D eigenvalue weighted by Gasteiger charge is -2.04. The minimum Gasteiger partial charge on any atom is -0.396 e. The highest BCUT2D eigenvalue weighted by Gasteiger charge is 2.07. The van der Waals surface area contributed by atoms with Gasteiger partial charge in [-0.1, -0.05) is 19.1 Å². The summed E-state index contributed by atoms with van der Waals surface area (Å²) in [6, 6.07) is 8.24. The van der Waals surface area contributed by atoms with Gasteiger partial charge in [-0.15, -0.1) is 11.3 Å². The summed E-state index contributed by atoms with van der Waals surface area (Å²) in [5.74, 6) is -0.0717. The van der Waals surface area contributed by atoms with Crippen molar-refractivity contribution in [3.05, 3.63) is 40.9 Å². The number of hydrogen-bond donors (Lipinski definition) is 3. The van der Waals surface area contributed by atoms with Crippen LogP contribution in [0.5, 0.6) is 0 Å². The largest absolute Gasteiger partial charge is 0.396 e. The smallest absolute Gasteiger partial charge is 0.226 e. The molecule has 0 saturated heterocycles. The maximum Gasteiger partial charge on any atom is 0.226 e. The average molecular weight is 319 g/mol. The molecular formula is C16H21N3O2S. The van der Waals surface area contributed by atoms with Crippen LogP contribution in [0.1, 0.15) is 24.6 Å². The Morgan fingerprint density at radius 3 is 2.77 bits per heavy atom. The van der Waals surface area contributed by atoms with E-state index in [1.165, 1.54) is 16.9 Å². The van der Waals surface area contributed by atoms with Crippen molar-refractivity contribution in [2.75, 3.05) is 18.5 Å². The first-order chi connectivity index (χ1) is 10.7. The number of nitrogens with one attached hydrogen (secondary N) is 2. The van der Waals surface area contributed by atoms with E-state index in [4.69, 9.17) is 5.11 Å². The lowest BCUT2D eigenvalue weighted by molar-refractivity contribution is -0.120. The van der Waals surface area contributed by atoms with E-state index in [0.717, 1.165) is 22.9 Å². The summed E-state index contributed by atoms with van der Waals surface area (Å²) in [4.78, 5) is 16.1. The van der Waals surface area contributed by atoms with Gasteiger partial charge in [0.1, 0.15) is 0 Å². The number of carbonyl (C=O) groups excluding carboxylic acids is 1. The molecule has 0 radical (unpaired) electrons. The monoisotopic (exact) mass is 319 g/mol. The summed E-state index contributed by atoms with van der Waals surface area (Å²) < 4.78 is 0. The summed E-state index contributed by atoms with van der Waals surface area (Å²) >= 11 is 1.48. The molecule has 0 fully saturated rings. The van der Waals surface area contributed by atoms with Crippen LogP contribution in [0, 0.1) is 0 Å². The van der Waals surface area contributed by atoms with E-state index < -0.39 is 0 Å². The van der Waals surface area contributed by atoms with Crippen molar-refractivity contribution in [3.8, 4) is 0 Å². The number of thiazole rings is 1. The molecule has 2 aromatic rings. The van der Waals surface area contributed by atoms with E-state index in [2.05, 4.69) is 34.7 Å². The molecule has 1 aromatic heterocycles. The predicted molar refractivity (Wildman–Crippen MR) is 89.6 cm³/mol. The maximum atomic E-state index is 11.7. The van der Waals surface area contributed by atoms with Crippen LogP contribution >= 0.6 is 11.3 Å². The first-order valence-corrected chi connectivity index (χ1v) is 8.27. The number of amides is 1. The van der Waals surface area contributed by atoms with Gasteiger partial charge in [-0.3, -0.25) is 4.79 Å². The van der Waals surface area contributed by atoms with E-state index in [0.29, 0.717) is 13.0 Å². The van der Waals surface area contributed by atoms with Crippen molar-refractivity contribution in [3.63, 3.8) is 0 Å². The lowest BCUT2D eigenvalue weighted by Crippen LogP contribution is -2.26. The number of carbonyl (C=O) groups is 1. The van der Waals surface area contributed by atoms with Crippen molar-refractivity contribution in [2.45, 2.75) is 26.2 Å². The number of aliphatic hydroxyl groups excluding tert-OH is 1. The Kier molecular flexibility index (Phi) is 6.36. The third-order valence-corrected chi connectivity index (χ3v) is 3.97. The highest BCUT2D eigenvalue weighted by atomic mass is 32.1. The van der Waals surface area contributed by atoms with Crippen LogP contribution in [0.15, 0.2) is 29.6 Å². The summed E-state index contributed by atoms with van der Waals surface area (Å²) in [5.41, 5.74) is 3.04. The molecule has 1 amide bonds. The second-order valence-electron chi connectivity index (χ2n) is 4.92. The molecule has 6 heteroatoms. The second-order valence-corrected chi connectivity index (χ2v) is 5.78. The first kappa shape index (κ1) is 16.5. The number of aromatic nitrogens is 1. The Hall–Kier alpha value is -1.92. The molecule has 1 heterocycles. The van der Waals surface area contributed by atoms with E-state index in [1.807, 2.05) is 17.5 Å². The van der Waals surface area contributed by atoms with Gasteiger partial charge in [-0.05, 0) is 30.5 Å². The van der Waals surface area contributed by atoms with Gasteiger partial charge < -0.3 is 15.7 Å².